The van der Waals surface area contributed by atoms with Crippen LogP contribution in [0.15, 0.2) is 28.9 Å². The number of pyridine rings is 1. The van der Waals surface area contributed by atoms with Crippen molar-refractivity contribution in [3.05, 3.63) is 40.9 Å². The maximum Gasteiger partial charge on any atom is 0.405 e. The van der Waals surface area contributed by atoms with E-state index < -0.39 is 0 Å². The van der Waals surface area contributed by atoms with Gasteiger partial charge in [0.15, 0.2) is 5.42 Å². The van der Waals surface area contributed by atoms with Crippen LogP contribution in [0.1, 0.15) is 12.6 Å². The number of furan rings is 1. The molecule has 0 spiro atoms. The van der Waals surface area contributed by atoms with E-state index in [0.717, 1.165) is 21.7 Å². The molecule has 6 heteroatoms. The van der Waals surface area contributed by atoms with Gasteiger partial charge in [0.25, 0.3) is 0 Å². The van der Waals surface area contributed by atoms with Gasteiger partial charge in [-0.25, -0.2) is 4.98 Å². The zero-order valence-corrected chi connectivity index (χ0v) is 13.3. The summed E-state index contributed by atoms with van der Waals surface area (Å²) in [6, 6.07) is 4.13. The van der Waals surface area contributed by atoms with E-state index in [-0.39, 0.29) is 6.98 Å². The topological polar surface area (TPSA) is 35.8 Å². The molecule has 22 heavy (non-hydrogen) atoms. The second-order valence-corrected chi connectivity index (χ2v) is 6.10. The minimum absolute atomic E-state index is 0.172. The average molecular weight is 294 g/mol. The largest absolute Gasteiger partial charge is 0.436 e. The quantitative estimate of drug-likeness (QED) is 0.723. The third kappa shape index (κ3) is 1.83. The Labute approximate surface area is 129 Å². The molecule has 0 amide bonds. The normalized spacial score (nSPS) is 20.5. The maximum atomic E-state index is 5.91. The molecule has 0 aromatic carbocycles. The van der Waals surface area contributed by atoms with Crippen molar-refractivity contribution in [2.24, 2.45) is 0 Å². The maximum absolute atomic E-state index is 5.91. The lowest BCUT2D eigenvalue weighted by Crippen LogP contribution is -2.53. The minimum atomic E-state index is 0.172. The minimum Gasteiger partial charge on any atom is -0.436 e. The fourth-order valence-electron chi connectivity index (χ4n) is 3.15. The second kappa shape index (κ2) is 4.56. The predicted octanol–water partition coefficient (Wildman–Crippen LogP) is 0.692. The van der Waals surface area contributed by atoms with Crippen molar-refractivity contribution in [1.82, 2.24) is 19.5 Å². The number of aryl methyl sites for hydroxylation is 1. The predicted molar refractivity (Wildman–Crippen MR) is 88.6 cm³/mol. The van der Waals surface area contributed by atoms with Gasteiger partial charge in [0.1, 0.15) is 0 Å². The van der Waals surface area contributed by atoms with E-state index >= 15 is 0 Å². The van der Waals surface area contributed by atoms with Crippen molar-refractivity contribution in [2.75, 3.05) is 14.1 Å². The summed E-state index contributed by atoms with van der Waals surface area (Å²) in [4.78, 5) is 11.2. The van der Waals surface area contributed by atoms with Crippen LogP contribution in [0.4, 0.5) is 0 Å². The lowest BCUT2D eigenvalue weighted by molar-refractivity contribution is 0.266. The van der Waals surface area contributed by atoms with E-state index in [1.54, 1.807) is 0 Å². The van der Waals surface area contributed by atoms with Gasteiger partial charge in [0.2, 0.25) is 5.71 Å². The molecule has 0 N–H and O–H groups in total. The van der Waals surface area contributed by atoms with Gasteiger partial charge < -0.3 is 18.9 Å². The Morgan fingerprint density at radius 3 is 2.77 bits per heavy atom. The van der Waals surface area contributed by atoms with Gasteiger partial charge in [-0.1, -0.05) is 5.98 Å². The van der Waals surface area contributed by atoms with Crippen LogP contribution >= 0.6 is 0 Å². The third-order valence-electron chi connectivity index (χ3n) is 4.62. The molecule has 2 aromatic rings. The van der Waals surface area contributed by atoms with Gasteiger partial charge >= 0.3 is 6.98 Å². The highest BCUT2D eigenvalue weighted by Gasteiger charge is 2.33. The van der Waals surface area contributed by atoms with Crippen LogP contribution in [0.5, 0.6) is 0 Å². The van der Waals surface area contributed by atoms with Gasteiger partial charge in [-0.15, -0.1) is 0 Å². The van der Waals surface area contributed by atoms with Crippen molar-refractivity contribution in [3.8, 4) is 0 Å². The van der Waals surface area contributed by atoms with Crippen LogP contribution in [-0.4, -0.2) is 46.7 Å². The Kier molecular flexibility index (Phi) is 2.76. The number of rotatable bonds is 1. The Balaban J connectivity index is 1.88. The van der Waals surface area contributed by atoms with Crippen LogP contribution in [0.2, 0.25) is 0 Å². The molecule has 0 fully saturated rings. The molecule has 0 unspecified atom stereocenters. The van der Waals surface area contributed by atoms with Gasteiger partial charge in [-0.05, 0) is 33.0 Å². The van der Waals surface area contributed by atoms with Gasteiger partial charge in [-0.2, -0.15) is 0 Å². The van der Waals surface area contributed by atoms with Gasteiger partial charge in [0.05, 0.1) is 6.17 Å². The first-order valence-electron chi connectivity index (χ1n) is 7.54. The molecule has 4 heterocycles. The monoisotopic (exact) mass is 294 g/mol. The van der Waals surface area contributed by atoms with Crippen molar-refractivity contribution in [3.63, 3.8) is 0 Å². The molecule has 0 aliphatic carbocycles. The zero-order chi connectivity index (χ0) is 15.4. The second-order valence-electron chi connectivity index (χ2n) is 6.10. The summed E-state index contributed by atoms with van der Waals surface area (Å²) in [5, 5.41) is 2.22. The summed E-state index contributed by atoms with van der Waals surface area (Å²) in [5.74, 6) is 2.26. The molecule has 2 aliphatic rings. The summed E-state index contributed by atoms with van der Waals surface area (Å²) in [6.45, 7) is 4.36. The highest BCUT2D eigenvalue weighted by Crippen LogP contribution is 2.18. The smallest absolute Gasteiger partial charge is 0.405 e. The van der Waals surface area contributed by atoms with Gasteiger partial charge in [0, 0.05) is 41.9 Å². The molecule has 5 nitrogen and oxygen atoms in total. The Bertz CT molecular complexity index is 887. The molecule has 1 atom stereocenters. The van der Waals surface area contributed by atoms with E-state index in [0.29, 0.717) is 11.9 Å². The summed E-state index contributed by atoms with van der Waals surface area (Å²) in [7, 11) is 4.17. The molecule has 112 valence electrons. The van der Waals surface area contributed by atoms with Crippen molar-refractivity contribution < 1.29 is 4.42 Å². The fraction of sp³-hybridized carbons (Fsp3) is 0.312. The Morgan fingerprint density at radius 2 is 2.05 bits per heavy atom. The highest BCUT2D eigenvalue weighted by atomic mass is 16.3. The first kappa shape index (κ1) is 13.3. The highest BCUT2D eigenvalue weighted by molar-refractivity contribution is 6.69. The van der Waals surface area contributed by atoms with Crippen molar-refractivity contribution >= 4 is 30.3 Å². The van der Waals surface area contributed by atoms with E-state index in [4.69, 9.17) is 4.42 Å². The zero-order valence-electron chi connectivity index (χ0n) is 13.3. The van der Waals surface area contributed by atoms with E-state index in [9.17, 15) is 0 Å². The standard InChI is InChI=1S/C16H19BN4O/c1-11-5-6-13-14-9-17(21-8-7-19(3)12(21)2)20(4)10-15(14)22-16(13)18-11/h5-10,12H,1-4H3/t12-/m0/s1. The van der Waals surface area contributed by atoms with Crippen molar-refractivity contribution in [1.29, 1.82) is 0 Å². The van der Waals surface area contributed by atoms with E-state index in [2.05, 4.69) is 71.2 Å². The Morgan fingerprint density at radius 1 is 1.23 bits per heavy atom. The summed E-state index contributed by atoms with van der Waals surface area (Å²) >= 11 is 0. The van der Waals surface area contributed by atoms with Crippen LogP contribution < -0.4 is 10.6 Å². The van der Waals surface area contributed by atoms with E-state index in [1.165, 1.54) is 0 Å². The lowest BCUT2D eigenvalue weighted by Gasteiger charge is -2.35. The number of nitrogens with zero attached hydrogens (tertiary/aromatic N) is 4. The SMILES string of the molecule is Cc1ccc2c3c(oc2n1)=CN(C)B(N1C=CN(C)[C@@H]1C)C=3. The number of fused-ring (bicyclic) bond motifs is 3. The van der Waals surface area contributed by atoms with Crippen LogP contribution in [0.3, 0.4) is 0 Å². The third-order valence-corrected chi connectivity index (χ3v) is 4.62. The van der Waals surface area contributed by atoms with Crippen LogP contribution in [0, 0.1) is 6.92 Å². The Hall–Kier alpha value is -2.37. The molecule has 0 bridgehead atoms. The first-order valence-corrected chi connectivity index (χ1v) is 7.54. The lowest BCUT2D eigenvalue weighted by atomic mass is 9.70. The number of hydrogen-bond acceptors (Lipinski definition) is 5. The molecule has 4 rings (SSSR count). The fourth-order valence-corrected chi connectivity index (χ4v) is 3.15. The molecule has 0 saturated carbocycles. The van der Waals surface area contributed by atoms with E-state index in [1.807, 2.05) is 13.0 Å². The van der Waals surface area contributed by atoms with Crippen LogP contribution in [0.25, 0.3) is 23.3 Å². The molecular formula is C16H19BN4O. The molecular weight excluding hydrogens is 275 g/mol. The molecule has 0 radical (unpaired) electrons. The average Bonchev–Trinajstić information content (AvgIpc) is 2.98. The summed E-state index contributed by atoms with van der Waals surface area (Å²) in [5.41, 5.74) is 2.57. The van der Waals surface area contributed by atoms with Crippen LogP contribution in [-0.2, 0) is 0 Å². The molecule has 2 aliphatic heterocycles. The summed E-state index contributed by atoms with van der Waals surface area (Å²) < 4.78 is 5.91. The summed E-state index contributed by atoms with van der Waals surface area (Å²) in [6.07, 6.45) is 6.65. The number of aromatic nitrogens is 1. The first-order chi connectivity index (χ1) is 10.5. The molecule has 2 aromatic heterocycles. The number of hydrogen-bond donors (Lipinski definition) is 0. The van der Waals surface area contributed by atoms with Crippen molar-refractivity contribution in [2.45, 2.75) is 20.0 Å². The molecule has 0 saturated heterocycles. The van der Waals surface area contributed by atoms with Gasteiger partial charge in [-0.3, -0.25) is 0 Å².